The predicted octanol–water partition coefficient (Wildman–Crippen LogP) is 1.44. The minimum atomic E-state index is -0.771. The van der Waals surface area contributed by atoms with Crippen LogP contribution < -0.4 is 0 Å². The van der Waals surface area contributed by atoms with E-state index in [1.54, 1.807) is 6.92 Å². The number of carbonyl (C=O) groups is 2. The molecule has 0 aromatic rings. The highest BCUT2D eigenvalue weighted by atomic mass is 16.5. The van der Waals surface area contributed by atoms with Crippen LogP contribution in [0.4, 0.5) is 0 Å². The Hall–Kier alpha value is -1.06. The molecule has 0 aromatic heterocycles. The molecule has 0 radical (unpaired) electrons. The Balaban J connectivity index is 3.26. The normalized spacial score (nSPS) is 12.2. The molecule has 0 saturated carbocycles. The molecule has 1 unspecified atom stereocenters. The predicted molar refractivity (Wildman–Crippen MR) is 47.3 cm³/mol. The maximum atomic E-state index is 10.4. The highest BCUT2D eigenvalue weighted by Crippen LogP contribution is 2.07. The number of unbranched alkanes of at least 4 members (excludes halogenated alkanes) is 1. The van der Waals surface area contributed by atoms with E-state index >= 15 is 0 Å². The van der Waals surface area contributed by atoms with Gasteiger partial charge < -0.3 is 9.84 Å². The first-order chi connectivity index (χ1) is 6.04. The number of aliphatic carboxylic acids is 1. The first-order valence-electron chi connectivity index (χ1n) is 4.40. The molecule has 0 aliphatic rings. The van der Waals surface area contributed by atoms with Crippen LogP contribution in [0.3, 0.4) is 0 Å². The largest absolute Gasteiger partial charge is 0.481 e. The summed E-state index contributed by atoms with van der Waals surface area (Å²) >= 11 is 0. The minimum absolute atomic E-state index is 0.286. The summed E-state index contributed by atoms with van der Waals surface area (Å²) in [6.07, 6.45) is 2.15. The lowest BCUT2D eigenvalue weighted by Gasteiger charge is -2.05. The van der Waals surface area contributed by atoms with Crippen LogP contribution in [0.1, 0.15) is 33.1 Å². The van der Waals surface area contributed by atoms with Gasteiger partial charge in [-0.2, -0.15) is 0 Å². The number of carbonyl (C=O) groups excluding carboxylic acids is 1. The molecule has 0 heterocycles. The van der Waals surface area contributed by atoms with Crippen LogP contribution in [0.25, 0.3) is 0 Å². The second kappa shape index (κ2) is 6.46. The Morgan fingerprint density at radius 3 is 2.46 bits per heavy atom. The van der Waals surface area contributed by atoms with Crippen molar-refractivity contribution < 1.29 is 19.4 Å². The highest BCUT2D eigenvalue weighted by molar-refractivity contribution is 5.69. The lowest BCUT2D eigenvalue weighted by molar-refractivity contribution is -0.142. The smallest absolute Gasteiger partial charge is 0.306 e. The summed E-state index contributed by atoms with van der Waals surface area (Å²) in [6, 6.07) is 0. The zero-order valence-electron chi connectivity index (χ0n) is 8.08. The zero-order chi connectivity index (χ0) is 10.3. The van der Waals surface area contributed by atoms with Crippen molar-refractivity contribution >= 4 is 11.9 Å². The van der Waals surface area contributed by atoms with Gasteiger partial charge in [0, 0.05) is 6.92 Å². The van der Waals surface area contributed by atoms with Crippen molar-refractivity contribution in [3.63, 3.8) is 0 Å². The van der Waals surface area contributed by atoms with Crippen molar-refractivity contribution in [2.24, 2.45) is 5.92 Å². The van der Waals surface area contributed by atoms with E-state index < -0.39 is 5.97 Å². The minimum Gasteiger partial charge on any atom is -0.481 e. The van der Waals surface area contributed by atoms with Gasteiger partial charge in [-0.05, 0) is 19.3 Å². The van der Waals surface area contributed by atoms with Crippen molar-refractivity contribution in [2.45, 2.75) is 33.1 Å². The van der Waals surface area contributed by atoms with Gasteiger partial charge in [-0.15, -0.1) is 0 Å². The van der Waals surface area contributed by atoms with Crippen molar-refractivity contribution in [1.82, 2.24) is 0 Å². The summed E-state index contributed by atoms with van der Waals surface area (Å²) < 4.78 is 4.70. The number of ether oxygens (including phenoxy) is 1. The Kier molecular flexibility index (Phi) is 5.93. The SMILES string of the molecule is CC(=O)OCCCCC(C)C(=O)O. The van der Waals surface area contributed by atoms with Crippen LogP contribution in [0.5, 0.6) is 0 Å². The first-order valence-corrected chi connectivity index (χ1v) is 4.40. The van der Waals surface area contributed by atoms with E-state index in [2.05, 4.69) is 0 Å². The average Bonchev–Trinajstić information content (AvgIpc) is 2.02. The molecule has 1 N–H and O–H groups in total. The molecule has 4 nitrogen and oxygen atoms in total. The second-order valence-electron chi connectivity index (χ2n) is 3.08. The maximum Gasteiger partial charge on any atom is 0.306 e. The molecule has 0 amide bonds. The van der Waals surface area contributed by atoms with E-state index in [9.17, 15) is 9.59 Å². The second-order valence-corrected chi connectivity index (χ2v) is 3.08. The molecule has 0 aromatic carbocycles. The molecule has 0 spiro atoms. The summed E-state index contributed by atoms with van der Waals surface area (Å²) in [5.74, 6) is -1.36. The fraction of sp³-hybridized carbons (Fsp3) is 0.778. The summed E-state index contributed by atoms with van der Waals surface area (Å²) in [5, 5.41) is 8.54. The molecule has 0 rings (SSSR count). The summed E-state index contributed by atoms with van der Waals surface area (Å²) in [6.45, 7) is 3.43. The molecular formula is C9H16O4. The van der Waals surface area contributed by atoms with E-state index in [0.717, 1.165) is 12.8 Å². The van der Waals surface area contributed by atoms with Crippen LogP contribution in [-0.2, 0) is 14.3 Å². The van der Waals surface area contributed by atoms with Gasteiger partial charge in [0.05, 0.1) is 12.5 Å². The molecule has 0 aliphatic heterocycles. The van der Waals surface area contributed by atoms with E-state index in [1.807, 2.05) is 0 Å². The monoisotopic (exact) mass is 188 g/mol. The Morgan fingerprint density at radius 1 is 1.38 bits per heavy atom. The number of hydrogen-bond acceptors (Lipinski definition) is 3. The number of carboxylic acid groups (broad SMARTS) is 1. The van der Waals surface area contributed by atoms with Gasteiger partial charge in [0.2, 0.25) is 0 Å². The molecule has 76 valence electrons. The molecule has 0 fully saturated rings. The van der Waals surface area contributed by atoms with Gasteiger partial charge in [-0.3, -0.25) is 9.59 Å². The summed E-state index contributed by atoms with van der Waals surface area (Å²) in [4.78, 5) is 20.7. The van der Waals surface area contributed by atoms with E-state index in [1.165, 1.54) is 6.92 Å². The van der Waals surface area contributed by atoms with Crippen molar-refractivity contribution in [2.75, 3.05) is 6.61 Å². The molecule has 13 heavy (non-hydrogen) atoms. The van der Waals surface area contributed by atoms with Crippen LogP contribution in [-0.4, -0.2) is 23.7 Å². The van der Waals surface area contributed by atoms with E-state index in [4.69, 9.17) is 9.84 Å². The van der Waals surface area contributed by atoms with E-state index in [0.29, 0.717) is 13.0 Å². The maximum absolute atomic E-state index is 10.4. The van der Waals surface area contributed by atoms with Crippen LogP contribution >= 0.6 is 0 Å². The van der Waals surface area contributed by atoms with Crippen molar-refractivity contribution in [3.8, 4) is 0 Å². The Bertz CT molecular complexity index is 176. The highest BCUT2D eigenvalue weighted by Gasteiger charge is 2.09. The van der Waals surface area contributed by atoms with Crippen LogP contribution in [0.15, 0.2) is 0 Å². The van der Waals surface area contributed by atoms with Gasteiger partial charge in [0.25, 0.3) is 0 Å². The summed E-state index contributed by atoms with van der Waals surface area (Å²) in [5.41, 5.74) is 0. The number of esters is 1. The average molecular weight is 188 g/mol. The number of carboxylic acids is 1. The molecule has 0 saturated heterocycles. The molecule has 0 bridgehead atoms. The fourth-order valence-corrected chi connectivity index (χ4v) is 0.892. The van der Waals surface area contributed by atoms with Gasteiger partial charge >= 0.3 is 11.9 Å². The van der Waals surface area contributed by atoms with Gasteiger partial charge in [0.15, 0.2) is 0 Å². The molecule has 1 atom stereocenters. The van der Waals surface area contributed by atoms with E-state index in [-0.39, 0.29) is 11.9 Å². The lowest BCUT2D eigenvalue weighted by Crippen LogP contribution is -2.09. The Labute approximate surface area is 77.9 Å². The fourth-order valence-electron chi connectivity index (χ4n) is 0.892. The third-order valence-corrected chi connectivity index (χ3v) is 1.76. The third-order valence-electron chi connectivity index (χ3n) is 1.76. The van der Waals surface area contributed by atoms with Crippen LogP contribution in [0, 0.1) is 5.92 Å². The number of hydrogen-bond donors (Lipinski definition) is 1. The molecule has 0 aliphatic carbocycles. The third kappa shape index (κ3) is 7.31. The zero-order valence-corrected chi connectivity index (χ0v) is 8.08. The number of rotatable bonds is 6. The Morgan fingerprint density at radius 2 is 2.00 bits per heavy atom. The molecule has 4 heteroatoms. The van der Waals surface area contributed by atoms with Crippen LogP contribution in [0.2, 0.25) is 0 Å². The first kappa shape index (κ1) is 11.9. The van der Waals surface area contributed by atoms with Gasteiger partial charge in [0.1, 0.15) is 0 Å². The van der Waals surface area contributed by atoms with Crippen molar-refractivity contribution in [3.05, 3.63) is 0 Å². The quantitative estimate of drug-likeness (QED) is 0.506. The summed E-state index contributed by atoms with van der Waals surface area (Å²) in [7, 11) is 0. The van der Waals surface area contributed by atoms with Crippen molar-refractivity contribution in [1.29, 1.82) is 0 Å². The topological polar surface area (TPSA) is 63.6 Å². The van der Waals surface area contributed by atoms with Gasteiger partial charge in [-0.1, -0.05) is 6.92 Å². The lowest BCUT2D eigenvalue weighted by atomic mass is 10.1. The standard InChI is InChI=1S/C9H16O4/c1-7(9(11)12)5-3-4-6-13-8(2)10/h7H,3-6H2,1-2H3,(H,11,12). The van der Waals surface area contributed by atoms with Gasteiger partial charge in [-0.25, -0.2) is 0 Å². The molecular weight excluding hydrogens is 172 g/mol.